The van der Waals surface area contributed by atoms with Gasteiger partial charge < -0.3 is 5.32 Å². The lowest BCUT2D eigenvalue weighted by Crippen LogP contribution is -2.20. The molecule has 1 N–H and O–H groups in total. The summed E-state index contributed by atoms with van der Waals surface area (Å²) >= 11 is 0. The highest BCUT2D eigenvalue weighted by Gasteiger charge is 2.38. The van der Waals surface area contributed by atoms with Crippen molar-refractivity contribution in [3.63, 3.8) is 0 Å². The first-order valence-electron chi connectivity index (χ1n) is 6.90. The Balaban J connectivity index is 1.56. The van der Waals surface area contributed by atoms with Crippen LogP contribution in [-0.2, 0) is 6.42 Å². The summed E-state index contributed by atoms with van der Waals surface area (Å²) < 4.78 is 0. The van der Waals surface area contributed by atoms with E-state index in [0.717, 1.165) is 42.2 Å². The average molecular weight is 231 g/mol. The van der Waals surface area contributed by atoms with Gasteiger partial charge in [0.15, 0.2) is 0 Å². The summed E-state index contributed by atoms with van der Waals surface area (Å²) in [4.78, 5) is 8.51. The smallest absolute Gasteiger partial charge is 0.129 e. The number of hydrogen-bond acceptors (Lipinski definition) is 3. The molecule has 17 heavy (non-hydrogen) atoms. The van der Waals surface area contributed by atoms with Crippen LogP contribution >= 0.6 is 0 Å². The third-order valence-electron chi connectivity index (χ3n) is 4.52. The number of hydrogen-bond donors (Lipinski definition) is 1. The molecule has 2 aliphatic rings. The molecule has 2 fully saturated rings. The van der Waals surface area contributed by atoms with E-state index in [9.17, 15) is 0 Å². The Bertz CT molecular complexity index is 391. The summed E-state index contributed by atoms with van der Waals surface area (Å²) in [5.74, 6) is 3.90. The second kappa shape index (κ2) is 4.63. The molecule has 92 valence electrons. The van der Waals surface area contributed by atoms with Crippen molar-refractivity contribution in [1.82, 2.24) is 9.97 Å². The van der Waals surface area contributed by atoms with Gasteiger partial charge in [0.1, 0.15) is 12.1 Å². The van der Waals surface area contributed by atoms with Crippen LogP contribution < -0.4 is 5.32 Å². The summed E-state index contributed by atoms with van der Waals surface area (Å²) in [6.07, 6.45) is 8.50. The molecular weight excluding hydrogens is 210 g/mol. The van der Waals surface area contributed by atoms with E-state index in [1.165, 1.54) is 25.7 Å². The Labute approximate surface area is 103 Å². The second-order valence-electron chi connectivity index (χ2n) is 5.56. The van der Waals surface area contributed by atoms with Crippen LogP contribution in [0.25, 0.3) is 0 Å². The fourth-order valence-electron chi connectivity index (χ4n) is 3.55. The van der Waals surface area contributed by atoms with Crippen LogP contribution in [0.3, 0.4) is 0 Å². The van der Waals surface area contributed by atoms with Gasteiger partial charge in [-0.05, 0) is 43.4 Å². The maximum Gasteiger partial charge on any atom is 0.129 e. The molecule has 3 unspecified atom stereocenters. The second-order valence-corrected chi connectivity index (χ2v) is 5.56. The van der Waals surface area contributed by atoms with Crippen molar-refractivity contribution in [1.29, 1.82) is 0 Å². The number of rotatable bonds is 4. The molecule has 3 heteroatoms. The number of nitrogens with one attached hydrogen (secondary N) is 1. The van der Waals surface area contributed by atoms with Crippen molar-refractivity contribution in [2.24, 2.45) is 17.8 Å². The average Bonchev–Trinajstić information content (AvgIpc) is 2.99. The van der Waals surface area contributed by atoms with E-state index < -0.39 is 0 Å². The molecule has 0 aliphatic heterocycles. The lowest BCUT2D eigenvalue weighted by atomic mass is 9.89. The van der Waals surface area contributed by atoms with Gasteiger partial charge in [-0.2, -0.15) is 0 Å². The van der Waals surface area contributed by atoms with Gasteiger partial charge in [0.25, 0.3) is 0 Å². The Morgan fingerprint density at radius 1 is 1.29 bits per heavy atom. The number of nitrogens with zero attached hydrogens (tertiary/aromatic N) is 2. The molecule has 0 amide bonds. The van der Waals surface area contributed by atoms with Crippen molar-refractivity contribution in [2.75, 3.05) is 11.9 Å². The van der Waals surface area contributed by atoms with Gasteiger partial charge in [0, 0.05) is 18.3 Å². The number of aromatic nitrogens is 2. The minimum absolute atomic E-state index is 0.883. The summed E-state index contributed by atoms with van der Waals surface area (Å²) in [5.41, 5.74) is 1.12. The fraction of sp³-hybridized carbons (Fsp3) is 0.714. The molecule has 0 spiro atoms. The zero-order valence-electron chi connectivity index (χ0n) is 10.5. The van der Waals surface area contributed by atoms with E-state index in [1.807, 2.05) is 0 Å². The normalized spacial score (nSPS) is 30.8. The van der Waals surface area contributed by atoms with E-state index in [0.29, 0.717) is 0 Å². The van der Waals surface area contributed by atoms with Gasteiger partial charge >= 0.3 is 0 Å². The Morgan fingerprint density at radius 3 is 2.94 bits per heavy atom. The quantitative estimate of drug-likeness (QED) is 0.866. The third kappa shape index (κ3) is 2.28. The third-order valence-corrected chi connectivity index (χ3v) is 4.52. The van der Waals surface area contributed by atoms with Gasteiger partial charge in [-0.3, -0.25) is 0 Å². The molecule has 2 saturated carbocycles. The number of aryl methyl sites for hydroxylation is 1. The predicted octanol–water partition coefficient (Wildman–Crippen LogP) is 2.89. The van der Waals surface area contributed by atoms with Crippen LogP contribution in [0.15, 0.2) is 12.4 Å². The largest absolute Gasteiger partial charge is 0.370 e. The van der Waals surface area contributed by atoms with Crippen molar-refractivity contribution < 1.29 is 0 Å². The van der Waals surface area contributed by atoms with Crippen molar-refractivity contribution in [3.05, 3.63) is 18.1 Å². The monoisotopic (exact) mass is 231 g/mol. The molecule has 1 heterocycles. The van der Waals surface area contributed by atoms with Crippen molar-refractivity contribution >= 4 is 5.82 Å². The fourth-order valence-corrected chi connectivity index (χ4v) is 3.55. The van der Waals surface area contributed by atoms with Crippen LogP contribution in [0.5, 0.6) is 0 Å². The molecule has 1 aromatic heterocycles. The molecule has 0 aromatic carbocycles. The first kappa shape index (κ1) is 11.0. The molecule has 1 aromatic rings. The highest BCUT2D eigenvalue weighted by molar-refractivity contribution is 5.34. The van der Waals surface area contributed by atoms with Crippen LogP contribution in [0.1, 0.15) is 38.3 Å². The predicted molar refractivity (Wildman–Crippen MR) is 68.8 cm³/mol. The summed E-state index contributed by atoms with van der Waals surface area (Å²) in [5, 5.41) is 3.50. The van der Waals surface area contributed by atoms with Crippen LogP contribution in [0, 0.1) is 17.8 Å². The van der Waals surface area contributed by atoms with Crippen molar-refractivity contribution in [2.45, 2.75) is 39.0 Å². The standard InChI is InChI=1S/C14H21N3/c1-2-13-7-14(17-9-16-13)15-8-12-6-10-3-4-11(12)5-10/h7,9-12H,2-6,8H2,1H3,(H,15,16,17). The molecule has 2 bridgehead atoms. The minimum Gasteiger partial charge on any atom is -0.370 e. The first-order chi connectivity index (χ1) is 8.35. The maximum absolute atomic E-state index is 4.29. The maximum atomic E-state index is 4.29. The van der Waals surface area contributed by atoms with E-state index in [1.54, 1.807) is 6.33 Å². The van der Waals surface area contributed by atoms with Crippen LogP contribution in [0.4, 0.5) is 5.82 Å². The lowest BCUT2D eigenvalue weighted by Gasteiger charge is -2.22. The van der Waals surface area contributed by atoms with E-state index in [2.05, 4.69) is 28.3 Å². The summed E-state index contributed by atoms with van der Waals surface area (Å²) in [6, 6.07) is 2.08. The first-order valence-corrected chi connectivity index (χ1v) is 6.90. The highest BCUT2D eigenvalue weighted by Crippen LogP contribution is 2.48. The van der Waals surface area contributed by atoms with E-state index in [4.69, 9.17) is 0 Å². The number of fused-ring (bicyclic) bond motifs is 2. The SMILES string of the molecule is CCc1cc(NCC2CC3CCC2C3)ncn1. The van der Waals surface area contributed by atoms with Gasteiger partial charge in [0.2, 0.25) is 0 Å². The molecule has 3 atom stereocenters. The van der Waals surface area contributed by atoms with Crippen molar-refractivity contribution in [3.8, 4) is 0 Å². The van der Waals surface area contributed by atoms with Crippen LogP contribution in [-0.4, -0.2) is 16.5 Å². The van der Waals surface area contributed by atoms with Gasteiger partial charge in [0.05, 0.1) is 0 Å². The summed E-state index contributed by atoms with van der Waals surface area (Å²) in [6.45, 7) is 3.23. The molecule has 0 saturated heterocycles. The Hall–Kier alpha value is -1.12. The van der Waals surface area contributed by atoms with Gasteiger partial charge in [-0.15, -0.1) is 0 Å². The zero-order chi connectivity index (χ0) is 11.7. The van der Waals surface area contributed by atoms with Crippen LogP contribution in [0.2, 0.25) is 0 Å². The molecule has 3 nitrogen and oxygen atoms in total. The highest BCUT2D eigenvalue weighted by atomic mass is 15.0. The topological polar surface area (TPSA) is 37.8 Å². The zero-order valence-corrected chi connectivity index (χ0v) is 10.5. The molecule has 2 aliphatic carbocycles. The Kier molecular flexibility index (Phi) is 3.00. The van der Waals surface area contributed by atoms with Gasteiger partial charge in [-0.1, -0.05) is 13.3 Å². The number of anilines is 1. The summed E-state index contributed by atoms with van der Waals surface area (Å²) in [7, 11) is 0. The lowest BCUT2D eigenvalue weighted by molar-refractivity contribution is 0.348. The molecule has 3 rings (SSSR count). The minimum atomic E-state index is 0.883. The molecular formula is C14H21N3. The van der Waals surface area contributed by atoms with E-state index in [-0.39, 0.29) is 0 Å². The Morgan fingerprint density at radius 2 is 2.24 bits per heavy atom. The van der Waals surface area contributed by atoms with E-state index >= 15 is 0 Å². The van der Waals surface area contributed by atoms with Gasteiger partial charge in [-0.25, -0.2) is 9.97 Å². The molecule has 0 radical (unpaired) electrons.